The number of carboxylic acids is 1. The summed E-state index contributed by atoms with van der Waals surface area (Å²) in [6, 6.07) is 0. The summed E-state index contributed by atoms with van der Waals surface area (Å²) < 4.78 is 16.9. The van der Waals surface area contributed by atoms with E-state index < -0.39 is 17.7 Å². The highest BCUT2D eigenvalue weighted by atomic mass is 16.7. The van der Waals surface area contributed by atoms with Gasteiger partial charge in [-0.3, -0.25) is 9.59 Å². The molecule has 0 amide bonds. The van der Waals surface area contributed by atoms with Gasteiger partial charge >= 0.3 is 11.9 Å². The molecule has 4 rings (SSSR count). The monoisotopic (exact) mass is 310 g/mol. The normalized spacial score (nSPS) is 46.1. The fourth-order valence-electron chi connectivity index (χ4n) is 5.35. The predicted molar refractivity (Wildman–Crippen MR) is 73.7 cm³/mol. The molecule has 2 heterocycles. The van der Waals surface area contributed by atoms with Crippen LogP contribution in [0.4, 0.5) is 0 Å². The van der Waals surface area contributed by atoms with Gasteiger partial charge < -0.3 is 19.3 Å². The van der Waals surface area contributed by atoms with E-state index in [-0.39, 0.29) is 35.7 Å². The Labute approximate surface area is 129 Å². The van der Waals surface area contributed by atoms with Crippen LogP contribution >= 0.6 is 0 Å². The molecule has 2 aliphatic heterocycles. The van der Waals surface area contributed by atoms with Crippen LogP contribution in [-0.4, -0.2) is 42.1 Å². The molecular formula is C16H22O6. The molecule has 6 nitrogen and oxygen atoms in total. The first kappa shape index (κ1) is 14.5. The molecule has 0 aromatic heterocycles. The van der Waals surface area contributed by atoms with Crippen molar-refractivity contribution < 1.29 is 28.9 Å². The molecule has 2 saturated heterocycles. The van der Waals surface area contributed by atoms with E-state index in [1.807, 2.05) is 6.92 Å². The number of carbonyl (C=O) groups is 2. The number of carbonyl (C=O) groups excluding carboxylic acids is 1. The number of rotatable bonds is 1. The number of hydrogen-bond acceptors (Lipinski definition) is 5. The fraction of sp³-hybridized carbons (Fsp3) is 0.875. The summed E-state index contributed by atoms with van der Waals surface area (Å²) in [5.74, 6) is -2.27. The van der Waals surface area contributed by atoms with Gasteiger partial charge in [-0.1, -0.05) is 0 Å². The third-order valence-corrected chi connectivity index (χ3v) is 6.18. The number of cyclic esters (lactones) is 1. The molecule has 0 aromatic rings. The van der Waals surface area contributed by atoms with Crippen molar-refractivity contribution in [1.82, 2.24) is 0 Å². The standard InChI is InChI=1S/C16H22O6/c1-8-12-11(15(19)22-8)6-9-7-16(20-4-5-21-16)3-2-10(9)13(12)14(17)18/h8-13H,2-7H2,1H3,(H,17,18)/t8?,9-,10-,11-,12-,13+/m1/s1. The Morgan fingerprint density at radius 3 is 2.73 bits per heavy atom. The van der Waals surface area contributed by atoms with Gasteiger partial charge in [0.2, 0.25) is 0 Å². The Morgan fingerprint density at radius 1 is 1.32 bits per heavy atom. The van der Waals surface area contributed by atoms with Crippen molar-refractivity contribution in [3.8, 4) is 0 Å². The van der Waals surface area contributed by atoms with Crippen LogP contribution in [0, 0.1) is 29.6 Å². The lowest BCUT2D eigenvalue weighted by atomic mass is 9.56. The van der Waals surface area contributed by atoms with Crippen LogP contribution in [0.25, 0.3) is 0 Å². The molecule has 0 radical (unpaired) electrons. The van der Waals surface area contributed by atoms with Gasteiger partial charge in [-0.15, -0.1) is 0 Å². The highest BCUT2D eigenvalue weighted by molar-refractivity contribution is 5.79. The van der Waals surface area contributed by atoms with Crippen molar-refractivity contribution in [3.63, 3.8) is 0 Å². The number of ether oxygens (including phenoxy) is 3. The Kier molecular flexibility index (Phi) is 3.24. The lowest BCUT2D eigenvalue weighted by Crippen LogP contribution is -2.51. The first-order chi connectivity index (χ1) is 10.5. The summed E-state index contributed by atoms with van der Waals surface area (Å²) in [6.45, 7) is 3.03. The van der Waals surface area contributed by atoms with Crippen LogP contribution in [0.1, 0.15) is 32.6 Å². The molecule has 6 heteroatoms. The molecule has 1 N–H and O–H groups in total. The zero-order valence-corrected chi connectivity index (χ0v) is 12.7. The zero-order chi connectivity index (χ0) is 15.5. The summed E-state index contributed by atoms with van der Waals surface area (Å²) in [4.78, 5) is 24.0. The van der Waals surface area contributed by atoms with Crippen LogP contribution in [0.2, 0.25) is 0 Å². The Hall–Kier alpha value is -1.14. The number of carboxylic acid groups (broad SMARTS) is 1. The maximum absolute atomic E-state index is 12.1. The molecule has 2 saturated carbocycles. The molecule has 0 bridgehead atoms. The number of esters is 1. The largest absolute Gasteiger partial charge is 0.481 e. The summed E-state index contributed by atoms with van der Waals surface area (Å²) in [7, 11) is 0. The van der Waals surface area contributed by atoms with E-state index in [0.29, 0.717) is 26.1 Å². The molecule has 1 spiro atoms. The average Bonchev–Trinajstić information content (AvgIpc) is 3.02. The van der Waals surface area contributed by atoms with Gasteiger partial charge in [0.1, 0.15) is 6.10 Å². The molecular weight excluding hydrogens is 288 g/mol. The zero-order valence-electron chi connectivity index (χ0n) is 12.7. The maximum atomic E-state index is 12.1. The Bertz CT molecular complexity index is 497. The lowest BCUT2D eigenvalue weighted by Gasteiger charge is -2.48. The molecule has 2 aliphatic carbocycles. The smallest absolute Gasteiger partial charge is 0.309 e. The molecule has 22 heavy (non-hydrogen) atoms. The topological polar surface area (TPSA) is 82.1 Å². The van der Waals surface area contributed by atoms with Gasteiger partial charge in [0.25, 0.3) is 0 Å². The predicted octanol–water partition coefficient (Wildman–Crippen LogP) is 1.43. The van der Waals surface area contributed by atoms with Crippen LogP contribution in [0.3, 0.4) is 0 Å². The highest BCUT2D eigenvalue weighted by Crippen LogP contribution is 2.55. The third kappa shape index (κ3) is 2.00. The lowest BCUT2D eigenvalue weighted by molar-refractivity contribution is -0.209. The Balaban J connectivity index is 1.63. The fourth-order valence-corrected chi connectivity index (χ4v) is 5.35. The molecule has 0 aromatic carbocycles. The van der Waals surface area contributed by atoms with Crippen molar-refractivity contribution in [1.29, 1.82) is 0 Å². The van der Waals surface area contributed by atoms with Gasteiger partial charge in [0.15, 0.2) is 5.79 Å². The van der Waals surface area contributed by atoms with Crippen LogP contribution in [-0.2, 0) is 23.8 Å². The van der Waals surface area contributed by atoms with E-state index in [1.165, 1.54) is 0 Å². The summed E-state index contributed by atoms with van der Waals surface area (Å²) in [6.07, 6.45) is 2.64. The van der Waals surface area contributed by atoms with Crippen LogP contribution in [0.5, 0.6) is 0 Å². The van der Waals surface area contributed by atoms with Gasteiger partial charge in [-0.25, -0.2) is 0 Å². The van der Waals surface area contributed by atoms with E-state index in [9.17, 15) is 14.7 Å². The van der Waals surface area contributed by atoms with Crippen LogP contribution in [0.15, 0.2) is 0 Å². The second-order valence-corrected chi connectivity index (χ2v) is 7.20. The van der Waals surface area contributed by atoms with E-state index >= 15 is 0 Å². The van der Waals surface area contributed by atoms with Gasteiger partial charge in [-0.05, 0) is 31.6 Å². The quantitative estimate of drug-likeness (QED) is 0.738. The summed E-state index contributed by atoms with van der Waals surface area (Å²) in [5.41, 5.74) is 0. The van der Waals surface area contributed by atoms with E-state index in [1.54, 1.807) is 0 Å². The first-order valence-corrected chi connectivity index (χ1v) is 8.22. The molecule has 6 atom stereocenters. The van der Waals surface area contributed by atoms with Crippen molar-refractivity contribution in [2.75, 3.05) is 13.2 Å². The first-order valence-electron chi connectivity index (χ1n) is 8.22. The second kappa shape index (κ2) is 4.93. The van der Waals surface area contributed by atoms with Gasteiger partial charge in [0.05, 0.1) is 25.0 Å². The minimum absolute atomic E-state index is 0.0918. The molecule has 122 valence electrons. The van der Waals surface area contributed by atoms with Crippen molar-refractivity contribution in [2.24, 2.45) is 29.6 Å². The highest BCUT2D eigenvalue weighted by Gasteiger charge is 2.60. The van der Waals surface area contributed by atoms with Crippen molar-refractivity contribution in [3.05, 3.63) is 0 Å². The average molecular weight is 310 g/mol. The van der Waals surface area contributed by atoms with Gasteiger partial charge in [-0.2, -0.15) is 0 Å². The second-order valence-electron chi connectivity index (χ2n) is 7.20. The van der Waals surface area contributed by atoms with Crippen LogP contribution < -0.4 is 0 Å². The van der Waals surface area contributed by atoms with Crippen molar-refractivity contribution >= 4 is 11.9 Å². The van der Waals surface area contributed by atoms with E-state index in [0.717, 1.165) is 12.8 Å². The van der Waals surface area contributed by atoms with E-state index in [4.69, 9.17) is 14.2 Å². The Morgan fingerprint density at radius 2 is 2.05 bits per heavy atom. The van der Waals surface area contributed by atoms with E-state index in [2.05, 4.69) is 0 Å². The maximum Gasteiger partial charge on any atom is 0.309 e. The molecule has 1 unspecified atom stereocenters. The minimum Gasteiger partial charge on any atom is -0.481 e. The van der Waals surface area contributed by atoms with Crippen molar-refractivity contribution in [2.45, 2.75) is 44.5 Å². The summed E-state index contributed by atoms with van der Waals surface area (Å²) in [5, 5.41) is 9.76. The number of hydrogen-bond donors (Lipinski definition) is 1. The number of fused-ring (bicyclic) bond motifs is 2. The number of aliphatic carboxylic acids is 1. The third-order valence-electron chi connectivity index (χ3n) is 6.18. The molecule has 4 fully saturated rings. The SMILES string of the molecule is CC1OC(=O)[C@@H]2C[C@@H]3CC4(CC[C@H]3[C@H](C(=O)O)[C@H]12)OCCO4. The molecule has 4 aliphatic rings. The minimum atomic E-state index is -0.793. The van der Waals surface area contributed by atoms with Gasteiger partial charge in [0, 0.05) is 18.8 Å². The summed E-state index contributed by atoms with van der Waals surface area (Å²) >= 11 is 0.